The zero-order chi connectivity index (χ0) is 13.2. The zero-order valence-corrected chi connectivity index (χ0v) is 11.7. The first-order valence-corrected chi connectivity index (χ1v) is 7.03. The van der Waals surface area contributed by atoms with Gasteiger partial charge in [-0.3, -0.25) is 4.90 Å². The molecule has 1 N–H and O–H groups in total. The molecule has 0 aromatic heterocycles. The van der Waals surface area contributed by atoms with E-state index in [0.29, 0.717) is 6.04 Å². The Morgan fingerprint density at radius 3 is 2.47 bits per heavy atom. The van der Waals surface area contributed by atoms with Gasteiger partial charge in [-0.1, -0.05) is 0 Å². The second kappa shape index (κ2) is 5.39. The summed E-state index contributed by atoms with van der Waals surface area (Å²) in [5.41, 5.74) is 2.74. The third kappa shape index (κ3) is 2.30. The van der Waals surface area contributed by atoms with Gasteiger partial charge >= 0.3 is 0 Å². The zero-order valence-electron chi connectivity index (χ0n) is 11.7. The van der Waals surface area contributed by atoms with Crippen LogP contribution in [0.15, 0.2) is 12.1 Å². The highest BCUT2D eigenvalue weighted by Crippen LogP contribution is 2.37. The Bertz CT molecular complexity index is 456. The van der Waals surface area contributed by atoms with Gasteiger partial charge in [0.25, 0.3) is 0 Å². The van der Waals surface area contributed by atoms with Crippen molar-refractivity contribution in [1.29, 1.82) is 0 Å². The summed E-state index contributed by atoms with van der Waals surface area (Å²) in [5, 5.41) is 3.52. The fourth-order valence-electron chi connectivity index (χ4n) is 3.23. The summed E-state index contributed by atoms with van der Waals surface area (Å²) in [7, 11) is 3.40. The Kier molecular flexibility index (Phi) is 3.62. The first-order chi connectivity index (χ1) is 9.33. The largest absolute Gasteiger partial charge is 0.493 e. The lowest BCUT2D eigenvalue weighted by Crippen LogP contribution is -2.38. The van der Waals surface area contributed by atoms with E-state index in [4.69, 9.17) is 9.47 Å². The van der Waals surface area contributed by atoms with Gasteiger partial charge in [0.1, 0.15) is 0 Å². The van der Waals surface area contributed by atoms with Gasteiger partial charge in [-0.2, -0.15) is 0 Å². The molecule has 1 aromatic carbocycles. The molecule has 104 valence electrons. The number of fused-ring (bicyclic) bond motifs is 1. The SMILES string of the molecule is COc1cc2c(cc1OC)[C@@H](N1CCCC1)CNC2. The molecular formula is C15H22N2O2. The van der Waals surface area contributed by atoms with Crippen molar-refractivity contribution in [3.8, 4) is 11.5 Å². The van der Waals surface area contributed by atoms with Gasteiger partial charge in [-0.05, 0) is 49.2 Å². The van der Waals surface area contributed by atoms with Crippen LogP contribution < -0.4 is 14.8 Å². The molecule has 0 radical (unpaired) electrons. The molecule has 2 heterocycles. The monoisotopic (exact) mass is 262 g/mol. The molecule has 1 atom stereocenters. The molecule has 4 heteroatoms. The fourth-order valence-corrected chi connectivity index (χ4v) is 3.23. The molecule has 2 aliphatic rings. The standard InChI is InChI=1S/C15H22N2O2/c1-18-14-7-11-9-16-10-13(17-5-3-4-6-17)12(11)8-15(14)19-2/h7-8,13,16H,3-6,9-10H2,1-2H3/t13-/m0/s1. The second-order valence-corrected chi connectivity index (χ2v) is 5.30. The number of methoxy groups -OCH3 is 2. The van der Waals surface area contributed by atoms with Gasteiger partial charge < -0.3 is 14.8 Å². The topological polar surface area (TPSA) is 33.7 Å². The number of hydrogen-bond donors (Lipinski definition) is 1. The molecule has 2 aliphatic heterocycles. The minimum absolute atomic E-state index is 0.478. The minimum atomic E-state index is 0.478. The number of hydrogen-bond acceptors (Lipinski definition) is 4. The maximum Gasteiger partial charge on any atom is 0.161 e. The van der Waals surface area contributed by atoms with Crippen molar-refractivity contribution in [3.63, 3.8) is 0 Å². The predicted molar refractivity (Wildman–Crippen MR) is 74.8 cm³/mol. The number of benzene rings is 1. The number of nitrogens with one attached hydrogen (secondary N) is 1. The van der Waals surface area contributed by atoms with Crippen LogP contribution in [0.1, 0.15) is 30.0 Å². The fraction of sp³-hybridized carbons (Fsp3) is 0.600. The van der Waals surface area contributed by atoms with Crippen molar-refractivity contribution in [2.24, 2.45) is 0 Å². The van der Waals surface area contributed by atoms with E-state index in [2.05, 4.69) is 22.3 Å². The molecule has 19 heavy (non-hydrogen) atoms. The Morgan fingerprint density at radius 2 is 1.79 bits per heavy atom. The molecule has 3 rings (SSSR count). The highest BCUT2D eigenvalue weighted by molar-refractivity contribution is 5.49. The molecule has 4 nitrogen and oxygen atoms in total. The van der Waals surface area contributed by atoms with Crippen molar-refractivity contribution in [1.82, 2.24) is 10.2 Å². The van der Waals surface area contributed by atoms with Crippen molar-refractivity contribution >= 4 is 0 Å². The summed E-state index contributed by atoms with van der Waals surface area (Å²) in [6, 6.07) is 4.76. The average molecular weight is 262 g/mol. The number of ether oxygens (including phenoxy) is 2. The second-order valence-electron chi connectivity index (χ2n) is 5.30. The molecule has 0 unspecified atom stereocenters. The molecule has 0 spiro atoms. The number of likely N-dealkylation sites (tertiary alicyclic amines) is 1. The molecule has 0 bridgehead atoms. The van der Waals surface area contributed by atoms with Gasteiger partial charge in [0.2, 0.25) is 0 Å². The van der Waals surface area contributed by atoms with Gasteiger partial charge in [-0.15, -0.1) is 0 Å². The smallest absolute Gasteiger partial charge is 0.161 e. The van der Waals surface area contributed by atoms with Crippen LogP contribution >= 0.6 is 0 Å². The summed E-state index contributed by atoms with van der Waals surface area (Å²) < 4.78 is 10.8. The third-order valence-electron chi connectivity index (χ3n) is 4.24. The van der Waals surface area contributed by atoms with Gasteiger partial charge in [-0.25, -0.2) is 0 Å². The van der Waals surface area contributed by atoms with Crippen LogP contribution in [0.5, 0.6) is 11.5 Å². The van der Waals surface area contributed by atoms with Crippen LogP contribution in [-0.2, 0) is 6.54 Å². The highest BCUT2D eigenvalue weighted by atomic mass is 16.5. The first-order valence-electron chi connectivity index (χ1n) is 7.03. The van der Waals surface area contributed by atoms with E-state index in [9.17, 15) is 0 Å². The summed E-state index contributed by atoms with van der Waals surface area (Å²) >= 11 is 0. The van der Waals surface area contributed by atoms with Crippen LogP contribution in [0.2, 0.25) is 0 Å². The number of rotatable bonds is 3. The highest BCUT2D eigenvalue weighted by Gasteiger charge is 2.29. The van der Waals surface area contributed by atoms with Crippen molar-refractivity contribution in [2.45, 2.75) is 25.4 Å². The lowest BCUT2D eigenvalue weighted by molar-refractivity contribution is 0.227. The minimum Gasteiger partial charge on any atom is -0.493 e. The Morgan fingerprint density at radius 1 is 1.11 bits per heavy atom. The first kappa shape index (κ1) is 12.8. The van der Waals surface area contributed by atoms with Crippen LogP contribution in [0.25, 0.3) is 0 Å². The maximum atomic E-state index is 5.45. The van der Waals surface area contributed by atoms with E-state index >= 15 is 0 Å². The van der Waals surface area contributed by atoms with Crippen LogP contribution in [0.4, 0.5) is 0 Å². The molecule has 0 saturated carbocycles. The van der Waals surface area contributed by atoms with Gasteiger partial charge in [0.05, 0.1) is 14.2 Å². The predicted octanol–water partition coefficient (Wildman–Crippen LogP) is 1.94. The van der Waals surface area contributed by atoms with E-state index in [1.807, 2.05) is 0 Å². The van der Waals surface area contributed by atoms with E-state index in [0.717, 1.165) is 24.6 Å². The quantitative estimate of drug-likeness (QED) is 0.902. The Hall–Kier alpha value is -1.26. The molecule has 1 saturated heterocycles. The van der Waals surface area contributed by atoms with E-state index in [1.54, 1.807) is 14.2 Å². The summed E-state index contributed by atoms with van der Waals surface area (Å²) in [5.74, 6) is 1.66. The van der Waals surface area contributed by atoms with Crippen LogP contribution in [-0.4, -0.2) is 38.8 Å². The lowest BCUT2D eigenvalue weighted by atomic mass is 9.95. The molecule has 1 fully saturated rings. The molecule has 0 amide bonds. The average Bonchev–Trinajstić information content (AvgIpc) is 2.99. The van der Waals surface area contributed by atoms with E-state index < -0.39 is 0 Å². The normalized spacial score (nSPS) is 23.2. The lowest BCUT2D eigenvalue weighted by Gasteiger charge is -2.34. The maximum absolute atomic E-state index is 5.45. The summed E-state index contributed by atoms with van der Waals surface area (Å²) in [6.07, 6.45) is 2.64. The van der Waals surface area contributed by atoms with Gasteiger partial charge in [0.15, 0.2) is 11.5 Å². The Balaban J connectivity index is 1.98. The van der Waals surface area contributed by atoms with Crippen LogP contribution in [0, 0.1) is 0 Å². The number of nitrogens with zero attached hydrogens (tertiary/aromatic N) is 1. The van der Waals surface area contributed by atoms with E-state index in [-0.39, 0.29) is 0 Å². The summed E-state index contributed by atoms with van der Waals surface area (Å²) in [6.45, 7) is 4.36. The molecule has 0 aliphatic carbocycles. The third-order valence-corrected chi connectivity index (χ3v) is 4.24. The van der Waals surface area contributed by atoms with Gasteiger partial charge in [0, 0.05) is 19.1 Å². The molecule has 1 aromatic rings. The Labute approximate surface area is 114 Å². The molecular weight excluding hydrogens is 240 g/mol. The van der Waals surface area contributed by atoms with E-state index in [1.165, 1.54) is 37.1 Å². The van der Waals surface area contributed by atoms with Crippen molar-refractivity contribution in [2.75, 3.05) is 33.9 Å². The summed E-state index contributed by atoms with van der Waals surface area (Å²) in [4.78, 5) is 2.58. The van der Waals surface area contributed by atoms with Crippen molar-refractivity contribution in [3.05, 3.63) is 23.3 Å². The van der Waals surface area contributed by atoms with Crippen LogP contribution in [0.3, 0.4) is 0 Å². The van der Waals surface area contributed by atoms with Crippen molar-refractivity contribution < 1.29 is 9.47 Å².